The monoisotopic (exact) mass is 308 g/mol. The third kappa shape index (κ3) is 3.34. The van der Waals surface area contributed by atoms with Gasteiger partial charge >= 0.3 is 0 Å². The zero-order chi connectivity index (χ0) is 15.5. The van der Waals surface area contributed by atoms with E-state index in [1.807, 2.05) is 0 Å². The first-order valence-corrected chi connectivity index (χ1v) is 8.07. The molecule has 2 atom stereocenters. The van der Waals surface area contributed by atoms with Gasteiger partial charge in [0.25, 0.3) is 0 Å². The van der Waals surface area contributed by atoms with Crippen LogP contribution in [0.25, 0.3) is 0 Å². The molecule has 0 aliphatic carbocycles. The number of hydrogen-bond acceptors (Lipinski definition) is 6. The molecule has 0 radical (unpaired) electrons. The summed E-state index contributed by atoms with van der Waals surface area (Å²) in [5, 5.41) is 18.7. The number of nitrogens with zero attached hydrogens (tertiary/aromatic N) is 2. The van der Waals surface area contributed by atoms with E-state index in [0.717, 1.165) is 51.6 Å². The molecule has 22 heavy (non-hydrogen) atoms. The highest BCUT2D eigenvalue weighted by Crippen LogP contribution is 2.24. The first-order chi connectivity index (χ1) is 10.7. The van der Waals surface area contributed by atoms with Gasteiger partial charge in [-0.1, -0.05) is 0 Å². The molecular weight excluding hydrogens is 284 g/mol. The van der Waals surface area contributed by atoms with Crippen molar-refractivity contribution in [2.75, 3.05) is 26.2 Å². The van der Waals surface area contributed by atoms with Crippen LogP contribution in [0.2, 0.25) is 0 Å². The molecule has 3 heterocycles. The van der Waals surface area contributed by atoms with Crippen LogP contribution in [0.15, 0.2) is 21.5 Å². The zero-order valence-electron chi connectivity index (χ0n) is 12.8. The quantitative estimate of drug-likeness (QED) is 0.836. The Morgan fingerprint density at radius 1 is 1.18 bits per heavy atom. The number of aliphatic hydroxyl groups excluding tert-OH is 1. The van der Waals surface area contributed by atoms with E-state index >= 15 is 0 Å². The van der Waals surface area contributed by atoms with Crippen molar-refractivity contribution in [2.24, 2.45) is 0 Å². The fourth-order valence-corrected chi connectivity index (χ4v) is 3.65. The smallest absolute Gasteiger partial charge is 0.226 e. The van der Waals surface area contributed by atoms with E-state index in [1.165, 1.54) is 6.07 Å². The van der Waals surface area contributed by atoms with Gasteiger partial charge in [-0.2, -0.15) is 0 Å². The lowest BCUT2D eigenvalue weighted by Gasteiger charge is -2.31. The molecule has 0 spiro atoms. The minimum Gasteiger partial charge on any atom is -0.502 e. The van der Waals surface area contributed by atoms with E-state index in [4.69, 9.17) is 4.42 Å². The molecule has 1 aromatic heterocycles. The van der Waals surface area contributed by atoms with E-state index in [-0.39, 0.29) is 12.4 Å². The standard InChI is InChI=1S/C16H24N2O4/c19-10-13-4-2-5-17(13)8-12-3-1-6-18(12)9-14-7-15(20)16(21)11-22-14/h7,11-13,19,21H,1-6,8-10H2. The third-order valence-electron chi connectivity index (χ3n) is 4.88. The molecule has 2 unspecified atom stereocenters. The van der Waals surface area contributed by atoms with Crippen molar-refractivity contribution in [3.63, 3.8) is 0 Å². The molecule has 0 saturated carbocycles. The summed E-state index contributed by atoms with van der Waals surface area (Å²) in [4.78, 5) is 16.2. The maximum absolute atomic E-state index is 11.5. The van der Waals surface area contributed by atoms with Crippen LogP contribution >= 0.6 is 0 Å². The average molecular weight is 308 g/mol. The second-order valence-corrected chi connectivity index (χ2v) is 6.34. The van der Waals surface area contributed by atoms with Gasteiger partial charge in [-0.3, -0.25) is 14.6 Å². The van der Waals surface area contributed by atoms with Crippen LogP contribution in [0.5, 0.6) is 5.75 Å². The fourth-order valence-electron chi connectivity index (χ4n) is 3.65. The Hall–Kier alpha value is -1.37. The van der Waals surface area contributed by atoms with E-state index < -0.39 is 5.43 Å². The van der Waals surface area contributed by atoms with Crippen LogP contribution in [-0.2, 0) is 6.54 Å². The Bertz CT molecular complexity index is 559. The summed E-state index contributed by atoms with van der Waals surface area (Å²) in [6.45, 7) is 3.85. The summed E-state index contributed by atoms with van der Waals surface area (Å²) in [5.41, 5.74) is -0.392. The summed E-state index contributed by atoms with van der Waals surface area (Å²) in [6, 6.07) is 2.11. The lowest BCUT2D eigenvalue weighted by Crippen LogP contribution is -2.43. The van der Waals surface area contributed by atoms with E-state index in [2.05, 4.69) is 9.80 Å². The van der Waals surface area contributed by atoms with Crippen LogP contribution in [0.4, 0.5) is 0 Å². The maximum atomic E-state index is 11.5. The lowest BCUT2D eigenvalue weighted by atomic mass is 10.2. The van der Waals surface area contributed by atoms with Crippen molar-refractivity contribution in [3.05, 3.63) is 28.3 Å². The van der Waals surface area contributed by atoms with E-state index in [1.54, 1.807) is 0 Å². The van der Waals surface area contributed by atoms with Crippen molar-refractivity contribution in [2.45, 2.75) is 44.3 Å². The van der Waals surface area contributed by atoms with Gasteiger partial charge in [-0.05, 0) is 38.8 Å². The van der Waals surface area contributed by atoms with Crippen LogP contribution in [-0.4, -0.2) is 58.3 Å². The number of rotatable bonds is 5. The minimum absolute atomic E-state index is 0.236. The van der Waals surface area contributed by atoms with Gasteiger partial charge in [-0.15, -0.1) is 0 Å². The van der Waals surface area contributed by atoms with Gasteiger partial charge in [0.05, 0.1) is 13.2 Å². The lowest BCUT2D eigenvalue weighted by molar-refractivity contribution is 0.116. The van der Waals surface area contributed by atoms with Crippen molar-refractivity contribution in [3.8, 4) is 5.75 Å². The molecule has 1 aromatic rings. The topological polar surface area (TPSA) is 77.2 Å². The molecule has 2 fully saturated rings. The molecule has 0 bridgehead atoms. The predicted octanol–water partition coefficient (Wildman–Crippen LogP) is 0.766. The summed E-state index contributed by atoms with van der Waals surface area (Å²) in [6.07, 6.45) is 5.63. The molecule has 2 aliphatic rings. The number of aromatic hydroxyl groups is 1. The van der Waals surface area contributed by atoms with E-state index in [9.17, 15) is 15.0 Å². The molecule has 6 heteroatoms. The summed E-state index contributed by atoms with van der Waals surface area (Å²) in [5.74, 6) is 0.249. The van der Waals surface area contributed by atoms with Crippen molar-refractivity contribution in [1.29, 1.82) is 0 Å². The van der Waals surface area contributed by atoms with Gasteiger partial charge < -0.3 is 14.6 Å². The molecule has 122 valence electrons. The summed E-state index contributed by atoms with van der Waals surface area (Å²) >= 11 is 0. The molecule has 2 N–H and O–H groups in total. The molecule has 2 aliphatic heterocycles. The largest absolute Gasteiger partial charge is 0.502 e. The third-order valence-corrected chi connectivity index (χ3v) is 4.88. The van der Waals surface area contributed by atoms with Gasteiger partial charge in [-0.25, -0.2) is 0 Å². The second kappa shape index (κ2) is 6.81. The van der Waals surface area contributed by atoms with Crippen molar-refractivity contribution in [1.82, 2.24) is 9.80 Å². The first-order valence-electron chi connectivity index (χ1n) is 8.07. The molecular formula is C16H24N2O4. The number of likely N-dealkylation sites (tertiary alicyclic amines) is 2. The Morgan fingerprint density at radius 3 is 2.64 bits per heavy atom. The van der Waals surface area contributed by atoms with Crippen LogP contribution in [0.3, 0.4) is 0 Å². The number of hydrogen-bond donors (Lipinski definition) is 2. The summed E-state index contributed by atoms with van der Waals surface area (Å²) in [7, 11) is 0. The van der Waals surface area contributed by atoms with Crippen LogP contribution < -0.4 is 5.43 Å². The fraction of sp³-hybridized carbons (Fsp3) is 0.688. The van der Waals surface area contributed by atoms with Crippen LogP contribution in [0.1, 0.15) is 31.4 Å². The highest BCUT2D eigenvalue weighted by molar-refractivity contribution is 5.15. The summed E-state index contributed by atoms with van der Waals surface area (Å²) < 4.78 is 5.32. The Balaban J connectivity index is 1.63. The van der Waals surface area contributed by atoms with Crippen molar-refractivity contribution >= 4 is 0 Å². The highest BCUT2D eigenvalue weighted by atomic mass is 16.4. The van der Waals surface area contributed by atoms with Crippen LogP contribution in [0, 0.1) is 0 Å². The predicted molar refractivity (Wildman–Crippen MR) is 81.8 cm³/mol. The van der Waals surface area contributed by atoms with E-state index in [0.29, 0.717) is 24.4 Å². The molecule has 6 nitrogen and oxygen atoms in total. The Labute approximate surface area is 130 Å². The molecule has 0 amide bonds. The van der Waals surface area contributed by atoms with Gasteiger partial charge in [0.1, 0.15) is 12.0 Å². The molecule has 2 saturated heterocycles. The Kier molecular flexibility index (Phi) is 4.81. The Morgan fingerprint density at radius 2 is 1.91 bits per heavy atom. The zero-order valence-corrected chi connectivity index (χ0v) is 12.8. The minimum atomic E-state index is -0.392. The highest BCUT2D eigenvalue weighted by Gasteiger charge is 2.31. The number of aliphatic hydroxyl groups is 1. The van der Waals surface area contributed by atoms with Crippen molar-refractivity contribution < 1.29 is 14.6 Å². The van der Waals surface area contributed by atoms with Gasteiger partial charge in [0.2, 0.25) is 5.43 Å². The normalized spacial score (nSPS) is 26.8. The van der Waals surface area contributed by atoms with Gasteiger partial charge in [0, 0.05) is 24.7 Å². The second-order valence-electron chi connectivity index (χ2n) is 6.34. The SMILES string of the molecule is O=c1cc(CN2CCCC2CN2CCCC2CO)occ1O. The molecule has 0 aromatic carbocycles. The average Bonchev–Trinajstić information content (AvgIpc) is 3.13. The maximum Gasteiger partial charge on any atom is 0.226 e. The molecule has 3 rings (SSSR count). The first kappa shape index (κ1) is 15.5. The van der Waals surface area contributed by atoms with Gasteiger partial charge in [0.15, 0.2) is 5.75 Å².